The van der Waals surface area contributed by atoms with E-state index in [9.17, 15) is 14.3 Å². The summed E-state index contributed by atoms with van der Waals surface area (Å²) in [5, 5.41) is 10.0. The molecule has 94 valence electrons. The summed E-state index contributed by atoms with van der Waals surface area (Å²) in [5.41, 5.74) is 1.09. The van der Waals surface area contributed by atoms with Gasteiger partial charge in [-0.1, -0.05) is 19.1 Å². The Labute approximate surface area is 100 Å². The van der Waals surface area contributed by atoms with Gasteiger partial charge in [-0.25, -0.2) is 4.39 Å². The van der Waals surface area contributed by atoms with Crippen LogP contribution in [0.15, 0.2) is 18.2 Å². The first-order valence-corrected chi connectivity index (χ1v) is 5.46. The molecule has 0 saturated carbocycles. The van der Waals surface area contributed by atoms with Crippen LogP contribution < -0.4 is 0 Å². The molecule has 0 spiro atoms. The third-order valence-electron chi connectivity index (χ3n) is 2.78. The predicted molar refractivity (Wildman–Crippen MR) is 61.9 cm³/mol. The Morgan fingerprint density at radius 1 is 1.53 bits per heavy atom. The normalized spacial score (nSPS) is 14.2. The molecule has 1 rings (SSSR count). The van der Waals surface area contributed by atoms with Crippen molar-refractivity contribution in [1.29, 1.82) is 0 Å². The maximum Gasteiger partial charge on any atom is 0.305 e. The maximum atomic E-state index is 13.1. The summed E-state index contributed by atoms with van der Waals surface area (Å²) in [6, 6.07) is 4.44. The van der Waals surface area contributed by atoms with Gasteiger partial charge in [0.25, 0.3) is 0 Å². The minimum absolute atomic E-state index is 0.133. The van der Waals surface area contributed by atoms with Crippen LogP contribution in [0.4, 0.5) is 4.39 Å². The zero-order valence-electron chi connectivity index (χ0n) is 10.2. The van der Waals surface area contributed by atoms with Crippen LogP contribution in [0.5, 0.6) is 0 Å². The number of halogens is 1. The van der Waals surface area contributed by atoms with E-state index in [1.165, 1.54) is 19.2 Å². The monoisotopic (exact) mass is 240 g/mol. The molecule has 0 amide bonds. The van der Waals surface area contributed by atoms with Crippen LogP contribution in [-0.2, 0) is 9.53 Å². The highest BCUT2D eigenvalue weighted by atomic mass is 19.1. The maximum absolute atomic E-state index is 13.1. The van der Waals surface area contributed by atoms with E-state index in [2.05, 4.69) is 4.74 Å². The number of hydrogen-bond donors (Lipinski definition) is 1. The van der Waals surface area contributed by atoms with Crippen LogP contribution in [-0.4, -0.2) is 18.2 Å². The van der Waals surface area contributed by atoms with Crippen molar-refractivity contribution < 1.29 is 19.0 Å². The van der Waals surface area contributed by atoms with Crippen molar-refractivity contribution in [3.05, 3.63) is 35.1 Å². The van der Waals surface area contributed by atoms with Gasteiger partial charge >= 0.3 is 5.97 Å². The van der Waals surface area contributed by atoms with Crippen LogP contribution in [0.25, 0.3) is 0 Å². The highest BCUT2D eigenvalue weighted by molar-refractivity contribution is 5.69. The van der Waals surface area contributed by atoms with Gasteiger partial charge in [0, 0.05) is 0 Å². The molecular weight excluding hydrogens is 223 g/mol. The minimum Gasteiger partial charge on any atom is -0.469 e. The van der Waals surface area contributed by atoms with Gasteiger partial charge in [-0.15, -0.1) is 0 Å². The van der Waals surface area contributed by atoms with E-state index in [0.717, 1.165) is 0 Å². The summed E-state index contributed by atoms with van der Waals surface area (Å²) in [4.78, 5) is 11.1. The minimum atomic E-state index is -0.798. The lowest BCUT2D eigenvalue weighted by molar-refractivity contribution is -0.142. The lowest BCUT2D eigenvalue weighted by Crippen LogP contribution is -2.15. The number of aliphatic hydroxyl groups is 1. The van der Waals surface area contributed by atoms with Crippen LogP contribution in [0.1, 0.15) is 30.6 Å². The average Bonchev–Trinajstić information content (AvgIpc) is 2.31. The number of esters is 1. The molecule has 17 heavy (non-hydrogen) atoms. The van der Waals surface area contributed by atoms with Gasteiger partial charge in [-0.05, 0) is 30.0 Å². The summed E-state index contributed by atoms with van der Waals surface area (Å²) >= 11 is 0. The van der Waals surface area contributed by atoms with Crippen LogP contribution in [0, 0.1) is 18.7 Å². The molecule has 0 fully saturated rings. The SMILES string of the molecule is COC(=O)CC(C)C(O)c1ccc(F)c(C)c1. The molecule has 0 aliphatic rings. The zero-order chi connectivity index (χ0) is 13.0. The molecule has 0 heterocycles. The number of aliphatic hydroxyl groups excluding tert-OH is 1. The Morgan fingerprint density at radius 3 is 2.71 bits per heavy atom. The van der Waals surface area contributed by atoms with Crippen LogP contribution >= 0.6 is 0 Å². The first-order valence-electron chi connectivity index (χ1n) is 5.46. The quantitative estimate of drug-likeness (QED) is 0.822. The summed E-state index contributed by atoms with van der Waals surface area (Å²) < 4.78 is 17.6. The molecule has 3 nitrogen and oxygen atoms in total. The van der Waals surface area contributed by atoms with Gasteiger partial charge in [-0.3, -0.25) is 4.79 Å². The van der Waals surface area contributed by atoms with Crippen molar-refractivity contribution in [2.24, 2.45) is 5.92 Å². The van der Waals surface area contributed by atoms with Gasteiger partial charge in [0.05, 0.1) is 19.6 Å². The lowest BCUT2D eigenvalue weighted by Gasteiger charge is -2.18. The summed E-state index contributed by atoms with van der Waals surface area (Å²) in [5.74, 6) is -0.940. The smallest absolute Gasteiger partial charge is 0.305 e. The molecule has 1 aromatic carbocycles. The molecule has 2 atom stereocenters. The number of carbonyl (C=O) groups is 1. The first kappa shape index (κ1) is 13.6. The lowest BCUT2D eigenvalue weighted by atomic mass is 9.94. The van der Waals surface area contributed by atoms with Gasteiger partial charge in [0.2, 0.25) is 0 Å². The molecule has 1 N–H and O–H groups in total. The number of aryl methyl sites for hydroxylation is 1. The van der Waals surface area contributed by atoms with Crippen LogP contribution in [0.2, 0.25) is 0 Å². The number of benzene rings is 1. The summed E-state index contributed by atoms with van der Waals surface area (Å²) in [6.45, 7) is 3.39. The Hall–Kier alpha value is -1.42. The molecule has 1 aromatic rings. The molecule has 2 unspecified atom stereocenters. The first-order chi connectivity index (χ1) is 7.95. The van der Waals surface area contributed by atoms with Crippen molar-refractivity contribution in [2.45, 2.75) is 26.4 Å². The van der Waals surface area contributed by atoms with E-state index in [1.54, 1.807) is 19.9 Å². The second kappa shape index (κ2) is 5.77. The second-order valence-corrected chi connectivity index (χ2v) is 4.21. The molecule has 0 aliphatic heterocycles. The Balaban J connectivity index is 2.77. The van der Waals surface area contributed by atoms with E-state index < -0.39 is 6.10 Å². The van der Waals surface area contributed by atoms with E-state index in [0.29, 0.717) is 11.1 Å². The zero-order valence-corrected chi connectivity index (χ0v) is 10.2. The van der Waals surface area contributed by atoms with Gasteiger partial charge < -0.3 is 9.84 Å². The number of methoxy groups -OCH3 is 1. The highest BCUT2D eigenvalue weighted by Crippen LogP contribution is 2.25. The van der Waals surface area contributed by atoms with Crippen molar-refractivity contribution in [3.8, 4) is 0 Å². The number of ether oxygens (including phenoxy) is 1. The van der Waals surface area contributed by atoms with Gasteiger partial charge in [0.1, 0.15) is 5.82 Å². The Morgan fingerprint density at radius 2 is 2.18 bits per heavy atom. The fourth-order valence-corrected chi connectivity index (χ4v) is 1.64. The fourth-order valence-electron chi connectivity index (χ4n) is 1.64. The third-order valence-corrected chi connectivity index (χ3v) is 2.78. The largest absolute Gasteiger partial charge is 0.469 e. The summed E-state index contributed by atoms with van der Waals surface area (Å²) in [6.07, 6.45) is -0.665. The van der Waals surface area contributed by atoms with E-state index in [-0.39, 0.29) is 24.1 Å². The van der Waals surface area contributed by atoms with Crippen molar-refractivity contribution in [3.63, 3.8) is 0 Å². The van der Waals surface area contributed by atoms with Crippen molar-refractivity contribution in [1.82, 2.24) is 0 Å². The molecule has 4 heteroatoms. The van der Waals surface area contributed by atoms with Crippen LogP contribution in [0.3, 0.4) is 0 Å². The number of rotatable bonds is 4. The standard InChI is InChI=1S/C13H17FO3/c1-8-6-10(4-5-11(8)14)13(16)9(2)7-12(15)17-3/h4-6,9,13,16H,7H2,1-3H3. The van der Waals surface area contributed by atoms with E-state index >= 15 is 0 Å². The third kappa shape index (κ3) is 3.53. The molecule has 0 bridgehead atoms. The molecule has 0 aromatic heterocycles. The summed E-state index contributed by atoms with van der Waals surface area (Å²) in [7, 11) is 1.31. The van der Waals surface area contributed by atoms with Gasteiger partial charge in [0.15, 0.2) is 0 Å². The van der Waals surface area contributed by atoms with E-state index in [1.807, 2.05) is 0 Å². The van der Waals surface area contributed by atoms with Crippen molar-refractivity contribution in [2.75, 3.05) is 7.11 Å². The number of hydrogen-bond acceptors (Lipinski definition) is 3. The Kier molecular flexibility index (Phi) is 4.63. The second-order valence-electron chi connectivity index (χ2n) is 4.21. The molecule has 0 radical (unpaired) electrons. The molecule has 0 aliphatic carbocycles. The predicted octanol–water partition coefficient (Wildman–Crippen LogP) is 2.37. The van der Waals surface area contributed by atoms with Crippen molar-refractivity contribution >= 4 is 5.97 Å². The fraction of sp³-hybridized carbons (Fsp3) is 0.462. The molecular formula is C13H17FO3. The number of carbonyl (C=O) groups excluding carboxylic acids is 1. The average molecular weight is 240 g/mol. The Bertz CT molecular complexity index is 404. The van der Waals surface area contributed by atoms with Gasteiger partial charge in [-0.2, -0.15) is 0 Å². The van der Waals surface area contributed by atoms with E-state index in [4.69, 9.17) is 0 Å². The highest BCUT2D eigenvalue weighted by Gasteiger charge is 2.20. The topological polar surface area (TPSA) is 46.5 Å². The molecule has 0 saturated heterocycles.